The van der Waals surface area contributed by atoms with Crippen LogP contribution in [0.25, 0.3) is 0 Å². The van der Waals surface area contributed by atoms with Crippen molar-refractivity contribution >= 4 is 12.3 Å². The molecule has 0 fully saturated rings. The van der Waals surface area contributed by atoms with Crippen molar-refractivity contribution in [3.05, 3.63) is 0 Å². The van der Waals surface area contributed by atoms with Crippen LogP contribution in [0.4, 0.5) is 0 Å². The molecule has 0 atom stereocenters. The monoisotopic (exact) mass is 126 g/mol. The first-order valence-electron chi connectivity index (χ1n) is 0.333. The molecule has 0 bridgehead atoms. The molecule has 0 unspecified atom stereocenters. The quantitative estimate of drug-likeness (QED) is 0.240. The zero-order valence-electron chi connectivity index (χ0n) is 3.22. The second-order valence-electron chi connectivity index (χ2n) is 0.0680. The summed E-state index contributed by atoms with van der Waals surface area (Å²) in [6.45, 7) is 0. The molecule has 0 aromatic heterocycles. The fourth-order valence-electron chi connectivity index (χ4n) is 0. The van der Waals surface area contributed by atoms with Crippen molar-refractivity contribution in [2.75, 3.05) is 0 Å². The van der Waals surface area contributed by atoms with Crippen LogP contribution in [0.3, 0.4) is 0 Å². The van der Waals surface area contributed by atoms with E-state index < -0.39 is 12.3 Å². The fourth-order valence-corrected chi connectivity index (χ4v) is 0. The number of hydrogen-bond donors (Lipinski definition) is 0. The largest absolute Gasteiger partial charge is 1.00 e. The minimum absolute atomic E-state index is 0. The van der Waals surface area contributed by atoms with Gasteiger partial charge < -0.3 is 21.4 Å². The number of hydrogen-bond acceptors (Lipinski definition) is 3. The maximum absolute atomic E-state index is 8.29. The van der Waals surface area contributed by atoms with Gasteiger partial charge in [-0.3, -0.25) is 0 Å². The van der Waals surface area contributed by atoms with Gasteiger partial charge in [0.05, 0.1) is 0 Å². The third-order valence-electron chi connectivity index (χ3n) is 0. The van der Waals surface area contributed by atoms with Gasteiger partial charge in [-0.1, -0.05) is 7.43 Å². The van der Waals surface area contributed by atoms with Crippen molar-refractivity contribution in [3.63, 3.8) is 0 Å². The Morgan fingerprint density at radius 2 is 1.00 bits per heavy atom. The van der Waals surface area contributed by atoms with E-state index in [2.05, 4.69) is 0 Å². The summed E-state index contributed by atoms with van der Waals surface area (Å²) in [5, 5.41) is 0. The molecule has 0 saturated carbocycles. The van der Waals surface area contributed by atoms with Crippen LogP contribution < -0.4 is 59.1 Å². The Hall–Kier alpha value is 2.27. The van der Waals surface area contributed by atoms with E-state index in [0.29, 0.717) is 0 Å². The Labute approximate surface area is 86.7 Å². The van der Waals surface area contributed by atoms with Crippen LogP contribution in [0.2, 0.25) is 0 Å². The molecule has 0 aliphatic heterocycles. The average molecular weight is 126 g/mol. The predicted octanol–water partition coefficient (Wildman–Crippen LogP) is -5.38. The Morgan fingerprint density at radius 1 is 1.00 bits per heavy atom. The predicted molar refractivity (Wildman–Crippen MR) is 15.9 cm³/mol. The summed E-state index contributed by atoms with van der Waals surface area (Å²) >= 11 is -0.750. The summed E-state index contributed by atoms with van der Waals surface area (Å²) in [6.07, 6.45) is 0. The summed E-state index contributed by atoms with van der Waals surface area (Å²) in [5.74, 6) is 0. The molecule has 0 aliphatic rings. The van der Waals surface area contributed by atoms with Crippen molar-refractivity contribution in [3.8, 4) is 0 Å². The smallest absolute Gasteiger partial charge is 0.811 e. The van der Waals surface area contributed by atoms with E-state index in [1.165, 1.54) is 0 Å². The van der Waals surface area contributed by atoms with Crippen LogP contribution in [0, 0.1) is 0 Å². The summed E-state index contributed by atoms with van der Waals surface area (Å²) < 4.78 is 16.6. The molecule has 0 rings (SSSR count). The van der Waals surface area contributed by atoms with Crippen molar-refractivity contribution in [1.29, 1.82) is 0 Å². The standard InChI is InChI=1S/CH4.2Na.H2O2S/c;;;1-3-2/h1H4;;;1-2H/q;2*+1;/p-2. The van der Waals surface area contributed by atoms with Gasteiger partial charge in [-0.2, -0.15) is 0 Å². The van der Waals surface area contributed by atoms with Gasteiger partial charge in [-0.15, -0.1) is 0 Å². The maximum Gasteiger partial charge on any atom is 1.00 e. The van der Waals surface area contributed by atoms with Crippen molar-refractivity contribution < 1.29 is 68.2 Å². The third-order valence-corrected chi connectivity index (χ3v) is 0. The van der Waals surface area contributed by atoms with E-state index in [1.807, 2.05) is 0 Å². The normalized spacial score (nSPS) is 3.00. The van der Waals surface area contributed by atoms with E-state index in [1.54, 1.807) is 0 Å². The van der Waals surface area contributed by atoms with Gasteiger partial charge in [0.1, 0.15) is 0 Å². The topological polar surface area (TPSA) is 46.1 Å². The van der Waals surface area contributed by atoms with Gasteiger partial charge in [0.25, 0.3) is 0 Å². The Balaban J connectivity index is -0.00000000667. The Morgan fingerprint density at radius 3 is 1.00 bits per heavy atom. The molecule has 6 heavy (non-hydrogen) atoms. The second-order valence-corrected chi connectivity index (χ2v) is 0.204. The first-order valence-corrected chi connectivity index (χ1v) is 1.00. The molecule has 0 N–H and O–H groups in total. The first-order chi connectivity index (χ1) is 1.41. The van der Waals surface area contributed by atoms with E-state index in [-0.39, 0.29) is 66.5 Å². The SMILES string of the molecule is C.[Na+].[Na+].[O-]S[O-]. The fraction of sp³-hybridized carbons (Fsp3) is 1.00. The summed E-state index contributed by atoms with van der Waals surface area (Å²) in [4.78, 5) is 0. The molecular formula is CH4Na2O2S. The molecular weight excluding hydrogens is 122 g/mol. The molecule has 0 aromatic rings. The third kappa shape index (κ3) is 33.8. The van der Waals surface area contributed by atoms with E-state index in [4.69, 9.17) is 9.11 Å². The summed E-state index contributed by atoms with van der Waals surface area (Å²) in [6, 6.07) is 0. The minimum Gasteiger partial charge on any atom is -0.811 e. The molecule has 0 spiro atoms. The van der Waals surface area contributed by atoms with Gasteiger partial charge in [0, 0.05) is 0 Å². The van der Waals surface area contributed by atoms with Crippen LogP contribution in [0.1, 0.15) is 7.43 Å². The van der Waals surface area contributed by atoms with E-state index in [0.717, 1.165) is 0 Å². The van der Waals surface area contributed by atoms with Gasteiger partial charge in [-0.25, -0.2) is 0 Å². The van der Waals surface area contributed by atoms with Gasteiger partial charge in [0.15, 0.2) is 0 Å². The molecule has 0 amide bonds. The van der Waals surface area contributed by atoms with Crippen LogP contribution in [0.15, 0.2) is 0 Å². The molecule has 0 saturated heterocycles. The minimum atomic E-state index is -0.750. The van der Waals surface area contributed by atoms with Gasteiger partial charge in [0.2, 0.25) is 0 Å². The van der Waals surface area contributed by atoms with Crippen LogP contribution in [-0.4, -0.2) is 9.11 Å². The Bertz CT molecular complexity index is 11.5. The maximum atomic E-state index is 8.29. The first kappa shape index (κ1) is 24.0. The second kappa shape index (κ2) is 26.7. The zero-order valence-corrected chi connectivity index (χ0v) is 8.04. The van der Waals surface area contributed by atoms with Crippen LogP contribution in [0.5, 0.6) is 0 Å². The molecule has 0 aliphatic carbocycles. The zero-order chi connectivity index (χ0) is 2.71. The molecule has 0 heterocycles. The summed E-state index contributed by atoms with van der Waals surface area (Å²) in [5.41, 5.74) is 0. The Kier molecular flexibility index (Phi) is 107. The van der Waals surface area contributed by atoms with Gasteiger partial charge >= 0.3 is 59.1 Å². The molecule has 28 valence electrons. The average Bonchev–Trinajstić information content (AvgIpc) is 0.918. The van der Waals surface area contributed by atoms with E-state index in [9.17, 15) is 0 Å². The van der Waals surface area contributed by atoms with Crippen LogP contribution >= 0.6 is 12.3 Å². The van der Waals surface area contributed by atoms with Crippen molar-refractivity contribution in [2.45, 2.75) is 7.43 Å². The van der Waals surface area contributed by atoms with Gasteiger partial charge in [-0.05, 0) is 0 Å². The molecule has 0 radical (unpaired) electrons. The van der Waals surface area contributed by atoms with Crippen molar-refractivity contribution in [1.82, 2.24) is 0 Å². The molecule has 5 heteroatoms. The number of rotatable bonds is 0. The van der Waals surface area contributed by atoms with E-state index >= 15 is 0 Å². The molecule has 2 nitrogen and oxygen atoms in total. The summed E-state index contributed by atoms with van der Waals surface area (Å²) in [7, 11) is 0. The van der Waals surface area contributed by atoms with Crippen LogP contribution in [-0.2, 0) is 0 Å². The molecule has 0 aromatic carbocycles. The van der Waals surface area contributed by atoms with Crippen molar-refractivity contribution in [2.24, 2.45) is 0 Å².